The van der Waals surface area contributed by atoms with E-state index in [0.29, 0.717) is 12.3 Å². The highest BCUT2D eigenvalue weighted by molar-refractivity contribution is 5.67. The van der Waals surface area contributed by atoms with Crippen LogP contribution in [0.4, 0.5) is 0 Å². The first-order valence-electron chi connectivity index (χ1n) is 4.99. The third kappa shape index (κ3) is 6.58. The fourth-order valence-electron chi connectivity index (χ4n) is 1.43. The lowest BCUT2D eigenvalue weighted by atomic mass is 9.95. The van der Waals surface area contributed by atoms with Crippen LogP contribution >= 0.6 is 0 Å². The Kier molecular flexibility index (Phi) is 6.59. The van der Waals surface area contributed by atoms with Crippen LogP contribution < -0.4 is 0 Å². The monoisotopic (exact) mass is 188 g/mol. The van der Waals surface area contributed by atoms with E-state index in [0.717, 1.165) is 19.3 Å². The molecule has 0 aromatic rings. The minimum Gasteiger partial charge on any atom is -0.481 e. The Morgan fingerprint density at radius 1 is 1.23 bits per heavy atom. The highest BCUT2D eigenvalue weighted by Crippen LogP contribution is 2.16. The Morgan fingerprint density at radius 3 is 2.15 bits per heavy atom. The summed E-state index contributed by atoms with van der Waals surface area (Å²) >= 11 is 0. The number of hydrogen-bond acceptors (Lipinski definition) is 2. The van der Waals surface area contributed by atoms with Crippen LogP contribution in [0.3, 0.4) is 0 Å². The summed E-state index contributed by atoms with van der Waals surface area (Å²) in [6, 6.07) is 0. The molecule has 0 aromatic heterocycles. The van der Waals surface area contributed by atoms with Gasteiger partial charge in [-0.05, 0) is 18.8 Å². The molecule has 78 valence electrons. The van der Waals surface area contributed by atoms with E-state index in [-0.39, 0.29) is 6.42 Å². The van der Waals surface area contributed by atoms with Gasteiger partial charge in [0.15, 0.2) is 0 Å². The maximum absolute atomic E-state index is 10.2. The van der Waals surface area contributed by atoms with Crippen molar-refractivity contribution in [3.8, 4) is 0 Å². The second-order valence-corrected chi connectivity index (χ2v) is 3.51. The van der Waals surface area contributed by atoms with Gasteiger partial charge in [-0.1, -0.05) is 26.7 Å². The van der Waals surface area contributed by atoms with Crippen LogP contribution in [0.15, 0.2) is 0 Å². The van der Waals surface area contributed by atoms with Gasteiger partial charge in [-0.15, -0.1) is 0 Å². The molecular weight excluding hydrogens is 168 g/mol. The second kappa shape index (κ2) is 6.89. The molecule has 1 atom stereocenters. The predicted octanol–water partition coefficient (Wildman–Crippen LogP) is 2.04. The Labute approximate surface area is 79.8 Å². The van der Waals surface area contributed by atoms with Crippen molar-refractivity contribution in [3.63, 3.8) is 0 Å². The SMILES string of the molecule is CCC(CC)CCC(O)CC(=O)O. The maximum atomic E-state index is 10.2. The van der Waals surface area contributed by atoms with Crippen molar-refractivity contribution in [2.75, 3.05) is 0 Å². The number of aliphatic hydroxyl groups excluding tert-OH is 1. The van der Waals surface area contributed by atoms with Gasteiger partial charge in [-0.2, -0.15) is 0 Å². The Balaban J connectivity index is 3.55. The van der Waals surface area contributed by atoms with Gasteiger partial charge in [0, 0.05) is 0 Å². The molecular formula is C10H20O3. The molecule has 0 radical (unpaired) electrons. The summed E-state index contributed by atoms with van der Waals surface area (Å²) in [7, 11) is 0. The fraction of sp³-hybridized carbons (Fsp3) is 0.900. The zero-order valence-corrected chi connectivity index (χ0v) is 8.49. The molecule has 0 saturated heterocycles. The standard InChI is InChI=1S/C10H20O3/c1-3-8(4-2)5-6-9(11)7-10(12)13/h8-9,11H,3-7H2,1-2H3,(H,12,13). The molecule has 0 rings (SSSR count). The normalized spacial score (nSPS) is 13.2. The first-order chi connectivity index (χ1) is 6.10. The molecule has 2 N–H and O–H groups in total. The molecule has 0 fully saturated rings. The van der Waals surface area contributed by atoms with Crippen LogP contribution in [0.5, 0.6) is 0 Å². The van der Waals surface area contributed by atoms with Gasteiger partial charge in [-0.25, -0.2) is 0 Å². The summed E-state index contributed by atoms with van der Waals surface area (Å²) < 4.78 is 0. The molecule has 3 nitrogen and oxygen atoms in total. The van der Waals surface area contributed by atoms with Gasteiger partial charge in [0.05, 0.1) is 12.5 Å². The lowest BCUT2D eigenvalue weighted by molar-refractivity contribution is -0.139. The summed E-state index contributed by atoms with van der Waals surface area (Å²) in [4.78, 5) is 10.2. The average Bonchev–Trinajstić information content (AvgIpc) is 2.05. The van der Waals surface area contributed by atoms with Crippen molar-refractivity contribution >= 4 is 5.97 Å². The molecule has 0 bridgehead atoms. The van der Waals surface area contributed by atoms with Crippen LogP contribution in [0.25, 0.3) is 0 Å². The minimum atomic E-state index is -0.919. The van der Waals surface area contributed by atoms with E-state index < -0.39 is 12.1 Å². The quantitative estimate of drug-likeness (QED) is 0.642. The van der Waals surface area contributed by atoms with Crippen molar-refractivity contribution in [2.45, 2.75) is 52.1 Å². The van der Waals surface area contributed by atoms with Crippen molar-refractivity contribution in [1.82, 2.24) is 0 Å². The van der Waals surface area contributed by atoms with E-state index in [4.69, 9.17) is 5.11 Å². The topological polar surface area (TPSA) is 57.5 Å². The predicted molar refractivity (Wildman–Crippen MR) is 51.6 cm³/mol. The summed E-state index contributed by atoms with van der Waals surface area (Å²) in [5, 5.41) is 17.7. The number of hydrogen-bond donors (Lipinski definition) is 2. The molecule has 13 heavy (non-hydrogen) atoms. The Bertz CT molecular complexity index is 141. The Hall–Kier alpha value is -0.570. The lowest BCUT2D eigenvalue weighted by Gasteiger charge is -2.14. The van der Waals surface area contributed by atoms with Crippen LogP contribution in [0.1, 0.15) is 46.0 Å². The zero-order valence-electron chi connectivity index (χ0n) is 8.49. The number of carboxylic acid groups (broad SMARTS) is 1. The first-order valence-corrected chi connectivity index (χ1v) is 4.99. The van der Waals surface area contributed by atoms with Crippen molar-refractivity contribution in [2.24, 2.45) is 5.92 Å². The minimum absolute atomic E-state index is 0.125. The third-order valence-electron chi connectivity index (χ3n) is 2.47. The van der Waals surface area contributed by atoms with E-state index in [1.54, 1.807) is 0 Å². The van der Waals surface area contributed by atoms with Crippen molar-refractivity contribution in [1.29, 1.82) is 0 Å². The largest absolute Gasteiger partial charge is 0.481 e. The van der Waals surface area contributed by atoms with E-state index >= 15 is 0 Å². The summed E-state index contributed by atoms with van der Waals surface area (Å²) in [5.41, 5.74) is 0. The molecule has 0 aliphatic rings. The molecule has 0 aliphatic carbocycles. The smallest absolute Gasteiger partial charge is 0.305 e. The average molecular weight is 188 g/mol. The number of aliphatic hydroxyl groups is 1. The van der Waals surface area contributed by atoms with Gasteiger partial charge >= 0.3 is 5.97 Å². The van der Waals surface area contributed by atoms with Crippen LogP contribution in [0.2, 0.25) is 0 Å². The molecule has 0 aromatic carbocycles. The van der Waals surface area contributed by atoms with Crippen LogP contribution in [0, 0.1) is 5.92 Å². The van der Waals surface area contributed by atoms with Gasteiger partial charge in [0.25, 0.3) is 0 Å². The third-order valence-corrected chi connectivity index (χ3v) is 2.47. The van der Waals surface area contributed by atoms with Crippen LogP contribution in [-0.4, -0.2) is 22.3 Å². The zero-order chi connectivity index (χ0) is 10.3. The van der Waals surface area contributed by atoms with Crippen molar-refractivity contribution in [3.05, 3.63) is 0 Å². The van der Waals surface area contributed by atoms with Crippen LogP contribution in [-0.2, 0) is 4.79 Å². The summed E-state index contributed by atoms with van der Waals surface area (Å²) in [5.74, 6) is -0.291. The van der Waals surface area contributed by atoms with Gasteiger partial charge in [-0.3, -0.25) is 4.79 Å². The summed E-state index contributed by atoms with van der Waals surface area (Å²) in [6.45, 7) is 4.25. The molecule has 0 heterocycles. The summed E-state index contributed by atoms with van der Waals surface area (Å²) in [6.07, 6.45) is 2.96. The van der Waals surface area contributed by atoms with Gasteiger partial charge in [0.2, 0.25) is 0 Å². The molecule has 0 spiro atoms. The van der Waals surface area contributed by atoms with Gasteiger partial charge in [0.1, 0.15) is 0 Å². The number of carbonyl (C=O) groups is 1. The second-order valence-electron chi connectivity index (χ2n) is 3.51. The molecule has 3 heteroatoms. The first kappa shape index (κ1) is 12.4. The highest BCUT2D eigenvalue weighted by Gasteiger charge is 2.11. The molecule has 0 saturated carbocycles. The lowest BCUT2D eigenvalue weighted by Crippen LogP contribution is -2.14. The number of carboxylic acids is 1. The molecule has 0 aliphatic heterocycles. The van der Waals surface area contributed by atoms with E-state index in [9.17, 15) is 9.90 Å². The maximum Gasteiger partial charge on any atom is 0.305 e. The molecule has 1 unspecified atom stereocenters. The number of rotatable bonds is 7. The van der Waals surface area contributed by atoms with E-state index in [1.807, 2.05) is 0 Å². The highest BCUT2D eigenvalue weighted by atomic mass is 16.4. The number of aliphatic carboxylic acids is 1. The van der Waals surface area contributed by atoms with Crippen molar-refractivity contribution < 1.29 is 15.0 Å². The Morgan fingerprint density at radius 2 is 1.77 bits per heavy atom. The van der Waals surface area contributed by atoms with Gasteiger partial charge < -0.3 is 10.2 Å². The molecule has 0 amide bonds. The van der Waals surface area contributed by atoms with E-state index in [1.165, 1.54) is 0 Å². The van der Waals surface area contributed by atoms with E-state index in [2.05, 4.69) is 13.8 Å². The fourth-order valence-corrected chi connectivity index (χ4v) is 1.43.